The SMILES string of the molecule is Cc1ccc(NC(=O)N[C@@H](c2cccnc2)C2CCOCC2)cc1C. The van der Waals surface area contributed by atoms with Crippen molar-refractivity contribution in [3.05, 3.63) is 59.4 Å². The van der Waals surface area contributed by atoms with E-state index in [1.165, 1.54) is 5.56 Å². The molecule has 132 valence electrons. The van der Waals surface area contributed by atoms with Gasteiger partial charge in [0.1, 0.15) is 0 Å². The van der Waals surface area contributed by atoms with E-state index < -0.39 is 0 Å². The van der Waals surface area contributed by atoms with E-state index in [0.717, 1.165) is 42.9 Å². The molecule has 1 aromatic carbocycles. The van der Waals surface area contributed by atoms with Crippen LogP contribution in [0.1, 0.15) is 35.6 Å². The first-order chi connectivity index (χ1) is 12.1. The van der Waals surface area contributed by atoms with Crippen molar-refractivity contribution in [2.24, 2.45) is 5.92 Å². The van der Waals surface area contributed by atoms with Gasteiger partial charge >= 0.3 is 6.03 Å². The second kappa shape index (κ2) is 8.12. The standard InChI is InChI=1S/C20H25N3O2/c1-14-5-6-18(12-15(14)2)22-20(24)23-19(16-7-10-25-11-8-16)17-4-3-9-21-13-17/h3-6,9,12-13,16,19H,7-8,10-11H2,1-2H3,(H2,22,23,24)/t19-/m1/s1. The first-order valence-corrected chi connectivity index (χ1v) is 8.76. The quantitative estimate of drug-likeness (QED) is 0.885. The summed E-state index contributed by atoms with van der Waals surface area (Å²) < 4.78 is 5.47. The minimum atomic E-state index is -0.191. The first-order valence-electron chi connectivity index (χ1n) is 8.76. The van der Waals surface area contributed by atoms with E-state index in [4.69, 9.17) is 4.74 Å². The fourth-order valence-corrected chi connectivity index (χ4v) is 3.21. The van der Waals surface area contributed by atoms with Crippen LogP contribution >= 0.6 is 0 Å². The smallest absolute Gasteiger partial charge is 0.319 e. The topological polar surface area (TPSA) is 63.2 Å². The number of anilines is 1. The number of amides is 2. The number of aryl methyl sites for hydroxylation is 2. The number of hydrogen-bond donors (Lipinski definition) is 2. The summed E-state index contributed by atoms with van der Waals surface area (Å²) >= 11 is 0. The van der Waals surface area contributed by atoms with Crippen LogP contribution in [0.25, 0.3) is 0 Å². The Hall–Kier alpha value is -2.40. The molecule has 25 heavy (non-hydrogen) atoms. The van der Waals surface area contributed by atoms with E-state index in [2.05, 4.69) is 22.5 Å². The normalized spacial score (nSPS) is 16.2. The van der Waals surface area contributed by atoms with Gasteiger partial charge in [-0.25, -0.2) is 4.79 Å². The van der Waals surface area contributed by atoms with Gasteiger partial charge in [0.2, 0.25) is 0 Å². The van der Waals surface area contributed by atoms with Crippen LogP contribution in [0.3, 0.4) is 0 Å². The molecule has 0 radical (unpaired) electrons. The third-order valence-electron chi connectivity index (χ3n) is 4.83. The number of pyridine rings is 1. The monoisotopic (exact) mass is 339 g/mol. The summed E-state index contributed by atoms with van der Waals surface area (Å²) in [5, 5.41) is 6.09. The average molecular weight is 339 g/mol. The molecule has 2 aromatic rings. The van der Waals surface area contributed by atoms with Gasteiger partial charge in [-0.3, -0.25) is 4.98 Å². The molecule has 3 rings (SSSR count). The lowest BCUT2D eigenvalue weighted by atomic mass is 9.88. The Kier molecular flexibility index (Phi) is 5.66. The van der Waals surface area contributed by atoms with Crippen molar-refractivity contribution in [2.45, 2.75) is 32.7 Å². The Labute approximate surface area is 148 Å². The summed E-state index contributed by atoms with van der Waals surface area (Å²) in [7, 11) is 0. The molecule has 2 N–H and O–H groups in total. The maximum atomic E-state index is 12.6. The first kappa shape index (κ1) is 17.4. The Morgan fingerprint density at radius 2 is 2.00 bits per heavy atom. The van der Waals surface area contributed by atoms with Gasteiger partial charge in [-0.2, -0.15) is 0 Å². The zero-order valence-corrected chi connectivity index (χ0v) is 14.8. The molecule has 1 saturated heterocycles. The summed E-state index contributed by atoms with van der Waals surface area (Å²) in [5.41, 5.74) is 4.20. The third-order valence-corrected chi connectivity index (χ3v) is 4.83. The number of urea groups is 1. The summed E-state index contributed by atoms with van der Waals surface area (Å²) in [6.07, 6.45) is 5.45. The molecule has 1 aliphatic heterocycles. The lowest BCUT2D eigenvalue weighted by molar-refractivity contribution is 0.0550. The largest absolute Gasteiger partial charge is 0.381 e. The van der Waals surface area contributed by atoms with E-state index in [1.54, 1.807) is 6.20 Å². The molecule has 0 bridgehead atoms. The van der Waals surface area contributed by atoms with E-state index in [0.29, 0.717) is 5.92 Å². The molecule has 2 amide bonds. The van der Waals surface area contributed by atoms with E-state index in [-0.39, 0.29) is 12.1 Å². The molecule has 1 aliphatic rings. The number of ether oxygens (including phenoxy) is 1. The number of rotatable bonds is 4. The highest BCUT2D eigenvalue weighted by atomic mass is 16.5. The van der Waals surface area contributed by atoms with Crippen LogP contribution in [0.4, 0.5) is 10.5 Å². The van der Waals surface area contributed by atoms with Gasteiger partial charge in [0.25, 0.3) is 0 Å². The van der Waals surface area contributed by atoms with E-state index in [1.807, 2.05) is 43.5 Å². The molecule has 0 unspecified atom stereocenters. The Morgan fingerprint density at radius 1 is 1.20 bits per heavy atom. The molecule has 0 aliphatic carbocycles. The minimum Gasteiger partial charge on any atom is -0.381 e. The van der Waals surface area contributed by atoms with Gasteiger partial charge in [0.05, 0.1) is 6.04 Å². The van der Waals surface area contributed by atoms with Crippen molar-refractivity contribution in [3.8, 4) is 0 Å². The lowest BCUT2D eigenvalue weighted by Crippen LogP contribution is -2.38. The van der Waals surface area contributed by atoms with Crippen LogP contribution in [0.2, 0.25) is 0 Å². The molecule has 5 heteroatoms. The van der Waals surface area contributed by atoms with E-state index >= 15 is 0 Å². The molecular weight excluding hydrogens is 314 g/mol. The zero-order valence-electron chi connectivity index (χ0n) is 14.8. The maximum Gasteiger partial charge on any atom is 0.319 e. The third kappa shape index (κ3) is 4.57. The molecule has 1 atom stereocenters. The fraction of sp³-hybridized carbons (Fsp3) is 0.400. The van der Waals surface area contributed by atoms with Gasteiger partial charge in [-0.05, 0) is 67.5 Å². The molecule has 1 fully saturated rings. The molecule has 1 aromatic heterocycles. The lowest BCUT2D eigenvalue weighted by Gasteiger charge is -2.31. The van der Waals surface area contributed by atoms with Crippen LogP contribution in [0.5, 0.6) is 0 Å². The second-order valence-corrected chi connectivity index (χ2v) is 6.61. The summed E-state index contributed by atoms with van der Waals surface area (Å²) in [6, 6.07) is 9.60. The summed E-state index contributed by atoms with van der Waals surface area (Å²) in [4.78, 5) is 16.8. The number of nitrogens with one attached hydrogen (secondary N) is 2. The van der Waals surface area contributed by atoms with Crippen molar-refractivity contribution >= 4 is 11.7 Å². The highest BCUT2D eigenvalue weighted by Crippen LogP contribution is 2.29. The van der Waals surface area contributed by atoms with Gasteiger partial charge in [-0.15, -0.1) is 0 Å². The number of carbonyl (C=O) groups is 1. The highest BCUT2D eigenvalue weighted by Gasteiger charge is 2.27. The van der Waals surface area contributed by atoms with Crippen molar-refractivity contribution in [3.63, 3.8) is 0 Å². The molecule has 0 spiro atoms. The number of carbonyl (C=O) groups excluding carboxylic acids is 1. The number of nitrogens with zero attached hydrogens (tertiary/aromatic N) is 1. The molecule has 0 saturated carbocycles. The van der Waals surface area contributed by atoms with Crippen LogP contribution < -0.4 is 10.6 Å². The number of hydrogen-bond acceptors (Lipinski definition) is 3. The Morgan fingerprint density at radius 3 is 2.68 bits per heavy atom. The van der Waals surface area contributed by atoms with Crippen LogP contribution in [0, 0.1) is 19.8 Å². The van der Waals surface area contributed by atoms with Crippen LogP contribution in [-0.2, 0) is 4.74 Å². The molecule has 5 nitrogen and oxygen atoms in total. The Balaban J connectivity index is 1.72. The summed E-state index contributed by atoms with van der Waals surface area (Å²) in [6.45, 7) is 5.57. The maximum absolute atomic E-state index is 12.6. The van der Waals surface area contributed by atoms with Gasteiger partial charge < -0.3 is 15.4 Å². The predicted molar refractivity (Wildman–Crippen MR) is 98.6 cm³/mol. The van der Waals surface area contributed by atoms with Crippen molar-refractivity contribution in [1.29, 1.82) is 0 Å². The summed E-state index contributed by atoms with van der Waals surface area (Å²) in [5.74, 6) is 0.350. The highest BCUT2D eigenvalue weighted by molar-refractivity contribution is 5.89. The molecule has 2 heterocycles. The van der Waals surface area contributed by atoms with Gasteiger partial charge in [-0.1, -0.05) is 12.1 Å². The minimum absolute atomic E-state index is 0.0656. The van der Waals surface area contributed by atoms with Crippen LogP contribution in [-0.4, -0.2) is 24.2 Å². The Bertz CT molecular complexity index is 712. The number of benzene rings is 1. The average Bonchev–Trinajstić information content (AvgIpc) is 2.64. The fourth-order valence-electron chi connectivity index (χ4n) is 3.21. The van der Waals surface area contributed by atoms with Gasteiger partial charge in [0.15, 0.2) is 0 Å². The van der Waals surface area contributed by atoms with Crippen molar-refractivity contribution < 1.29 is 9.53 Å². The van der Waals surface area contributed by atoms with E-state index in [9.17, 15) is 4.79 Å². The second-order valence-electron chi connectivity index (χ2n) is 6.61. The van der Waals surface area contributed by atoms with Crippen LogP contribution in [0.15, 0.2) is 42.7 Å². The van der Waals surface area contributed by atoms with Gasteiger partial charge in [0, 0.05) is 31.3 Å². The molecular formula is C20H25N3O2. The van der Waals surface area contributed by atoms with Crippen molar-refractivity contribution in [1.82, 2.24) is 10.3 Å². The predicted octanol–water partition coefficient (Wildman–Crippen LogP) is 3.99. The zero-order chi connectivity index (χ0) is 17.6. The number of aromatic nitrogens is 1. The van der Waals surface area contributed by atoms with Crippen molar-refractivity contribution in [2.75, 3.05) is 18.5 Å².